The molecule has 5 heteroatoms. The van der Waals surface area contributed by atoms with Crippen molar-refractivity contribution in [1.29, 1.82) is 5.41 Å². The standard InChI is InChI=1S/C12H18O.C11H18N3P/c13-11-7-2-1-4-8-12-9-5-3-6-10-12;12-11(13)10-4-2-9(3-5-10)8-14-6-1-7-15/h3,5-6,9-10,13H,1-2,4,7-8,11H2;2-5,14H,1,6-8,15H2,(H3,12,13). The minimum Gasteiger partial charge on any atom is -0.396 e. The van der Waals surface area contributed by atoms with Gasteiger partial charge in [0.1, 0.15) is 5.84 Å². The Morgan fingerprint density at radius 1 is 0.893 bits per heavy atom. The molecule has 0 spiro atoms. The zero-order chi connectivity index (χ0) is 20.5. The van der Waals surface area contributed by atoms with E-state index in [0.29, 0.717) is 6.61 Å². The molecule has 28 heavy (non-hydrogen) atoms. The second-order valence-corrected chi connectivity index (χ2v) is 7.38. The van der Waals surface area contributed by atoms with Crippen LogP contribution in [0, 0.1) is 5.41 Å². The Labute approximate surface area is 172 Å². The predicted octanol–water partition coefficient (Wildman–Crippen LogP) is 4.11. The summed E-state index contributed by atoms with van der Waals surface area (Å²) in [4.78, 5) is 0. The summed E-state index contributed by atoms with van der Waals surface area (Å²) < 4.78 is 0. The Morgan fingerprint density at radius 2 is 1.57 bits per heavy atom. The number of amidine groups is 1. The van der Waals surface area contributed by atoms with E-state index in [1.165, 1.54) is 36.8 Å². The van der Waals surface area contributed by atoms with Crippen LogP contribution in [0.4, 0.5) is 0 Å². The maximum absolute atomic E-state index is 8.58. The van der Waals surface area contributed by atoms with Gasteiger partial charge in [0.2, 0.25) is 0 Å². The van der Waals surface area contributed by atoms with Crippen LogP contribution in [0.15, 0.2) is 54.6 Å². The third-order valence-electron chi connectivity index (χ3n) is 4.37. The van der Waals surface area contributed by atoms with E-state index in [1.54, 1.807) is 0 Å². The molecule has 0 bridgehead atoms. The SMILES string of the molecule is N=C(N)c1ccc(CNCCCP)cc1.OCCCCCCc1ccccc1. The van der Waals surface area contributed by atoms with Gasteiger partial charge in [0.05, 0.1) is 0 Å². The highest BCUT2D eigenvalue weighted by Crippen LogP contribution is 2.07. The van der Waals surface area contributed by atoms with E-state index in [0.717, 1.165) is 37.7 Å². The molecule has 154 valence electrons. The molecule has 2 aromatic carbocycles. The van der Waals surface area contributed by atoms with E-state index in [2.05, 4.69) is 44.9 Å². The third kappa shape index (κ3) is 11.9. The molecule has 1 unspecified atom stereocenters. The summed E-state index contributed by atoms with van der Waals surface area (Å²) in [6.45, 7) is 2.26. The Bertz CT molecular complexity index is 632. The first-order valence-electron chi connectivity index (χ1n) is 10.2. The van der Waals surface area contributed by atoms with Crippen LogP contribution in [0.25, 0.3) is 0 Å². The van der Waals surface area contributed by atoms with Crippen molar-refractivity contribution in [3.63, 3.8) is 0 Å². The Hall–Kier alpha value is -1.74. The molecule has 0 saturated carbocycles. The third-order valence-corrected chi connectivity index (χ3v) is 4.78. The maximum atomic E-state index is 8.58. The van der Waals surface area contributed by atoms with Crippen molar-refractivity contribution >= 4 is 15.1 Å². The summed E-state index contributed by atoms with van der Waals surface area (Å²) in [5, 5.41) is 19.2. The van der Waals surface area contributed by atoms with Gasteiger partial charge in [-0.25, -0.2) is 0 Å². The molecule has 2 rings (SSSR count). The van der Waals surface area contributed by atoms with Crippen molar-refractivity contribution < 1.29 is 5.11 Å². The van der Waals surface area contributed by atoms with Crippen LogP contribution in [0.3, 0.4) is 0 Å². The van der Waals surface area contributed by atoms with Gasteiger partial charge in [-0.15, -0.1) is 9.24 Å². The van der Waals surface area contributed by atoms with E-state index < -0.39 is 0 Å². The summed E-state index contributed by atoms with van der Waals surface area (Å²) >= 11 is 0. The highest BCUT2D eigenvalue weighted by Gasteiger charge is 1.96. The molecule has 0 radical (unpaired) electrons. The molecule has 2 aromatic rings. The van der Waals surface area contributed by atoms with Gasteiger partial charge in [0.25, 0.3) is 0 Å². The van der Waals surface area contributed by atoms with Crippen molar-refractivity contribution in [3.8, 4) is 0 Å². The number of hydrogen-bond donors (Lipinski definition) is 4. The fourth-order valence-electron chi connectivity index (χ4n) is 2.70. The Kier molecular flexibility index (Phi) is 14.1. The molecule has 0 aliphatic carbocycles. The number of aliphatic hydroxyl groups is 1. The quantitative estimate of drug-likeness (QED) is 0.187. The Balaban J connectivity index is 0.000000283. The lowest BCUT2D eigenvalue weighted by Gasteiger charge is -2.04. The zero-order valence-electron chi connectivity index (χ0n) is 16.9. The van der Waals surface area contributed by atoms with E-state index in [4.69, 9.17) is 16.2 Å². The van der Waals surface area contributed by atoms with E-state index >= 15 is 0 Å². The maximum Gasteiger partial charge on any atom is 0.122 e. The average molecular weight is 402 g/mol. The molecule has 5 N–H and O–H groups in total. The van der Waals surface area contributed by atoms with E-state index in [1.807, 2.05) is 24.3 Å². The number of benzene rings is 2. The molecule has 0 fully saturated rings. The first-order valence-corrected chi connectivity index (χ1v) is 11.0. The topological polar surface area (TPSA) is 82.1 Å². The zero-order valence-corrected chi connectivity index (χ0v) is 18.0. The van der Waals surface area contributed by atoms with Gasteiger partial charge < -0.3 is 16.2 Å². The summed E-state index contributed by atoms with van der Waals surface area (Å²) in [7, 11) is 2.72. The highest BCUT2D eigenvalue weighted by molar-refractivity contribution is 7.16. The number of aryl methyl sites for hydroxylation is 1. The minimum atomic E-state index is 0.123. The summed E-state index contributed by atoms with van der Waals surface area (Å²) in [6, 6.07) is 18.3. The Morgan fingerprint density at radius 3 is 2.18 bits per heavy atom. The molecule has 1 atom stereocenters. The monoisotopic (exact) mass is 401 g/mol. The number of rotatable bonds is 12. The van der Waals surface area contributed by atoms with Crippen molar-refractivity contribution in [2.45, 2.75) is 45.1 Å². The lowest BCUT2D eigenvalue weighted by Crippen LogP contribution is -2.15. The average Bonchev–Trinajstić information content (AvgIpc) is 2.73. The molecule has 0 aliphatic rings. The summed E-state index contributed by atoms with van der Waals surface area (Å²) in [5.74, 6) is 0.123. The molecular weight excluding hydrogens is 365 g/mol. The van der Waals surface area contributed by atoms with Crippen LogP contribution in [-0.2, 0) is 13.0 Å². The van der Waals surface area contributed by atoms with Crippen molar-refractivity contribution in [2.75, 3.05) is 19.3 Å². The van der Waals surface area contributed by atoms with Crippen molar-refractivity contribution in [2.24, 2.45) is 5.73 Å². The van der Waals surface area contributed by atoms with Gasteiger partial charge in [-0.1, -0.05) is 67.4 Å². The second kappa shape index (κ2) is 16.2. The first-order chi connectivity index (χ1) is 13.7. The van der Waals surface area contributed by atoms with E-state index in [-0.39, 0.29) is 5.84 Å². The highest BCUT2D eigenvalue weighted by atomic mass is 31.0. The number of nitrogens with two attached hydrogens (primary N) is 1. The minimum absolute atomic E-state index is 0.123. The molecule has 0 aromatic heterocycles. The van der Waals surface area contributed by atoms with Crippen LogP contribution in [0.5, 0.6) is 0 Å². The lowest BCUT2D eigenvalue weighted by molar-refractivity contribution is 0.282. The summed E-state index contributed by atoms with van der Waals surface area (Å²) in [5.41, 5.74) is 8.80. The van der Waals surface area contributed by atoms with Crippen LogP contribution in [-0.4, -0.2) is 30.3 Å². The van der Waals surface area contributed by atoms with Gasteiger partial charge in [-0.3, -0.25) is 5.41 Å². The van der Waals surface area contributed by atoms with E-state index in [9.17, 15) is 0 Å². The molecule has 0 heterocycles. The number of aliphatic hydroxyl groups excluding tert-OH is 1. The molecule has 0 aliphatic heterocycles. The van der Waals surface area contributed by atoms with Gasteiger partial charge in [0, 0.05) is 18.7 Å². The van der Waals surface area contributed by atoms with Crippen molar-refractivity contribution in [1.82, 2.24) is 5.32 Å². The lowest BCUT2D eigenvalue weighted by atomic mass is 10.1. The van der Waals surface area contributed by atoms with Gasteiger partial charge in [-0.05, 0) is 49.5 Å². The normalized spacial score (nSPS) is 10.2. The smallest absolute Gasteiger partial charge is 0.122 e. The molecule has 0 saturated heterocycles. The number of nitrogen functional groups attached to an aromatic ring is 1. The molecule has 0 amide bonds. The molecule has 4 nitrogen and oxygen atoms in total. The van der Waals surface area contributed by atoms with Gasteiger partial charge >= 0.3 is 0 Å². The van der Waals surface area contributed by atoms with Crippen LogP contribution in [0.2, 0.25) is 0 Å². The predicted molar refractivity (Wildman–Crippen MR) is 124 cm³/mol. The fourth-order valence-corrected chi connectivity index (χ4v) is 2.91. The van der Waals surface area contributed by atoms with Gasteiger partial charge in [-0.2, -0.15) is 0 Å². The fraction of sp³-hybridized carbons (Fsp3) is 0.435. The molecular formula is C23H36N3OP. The number of nitrogens with one attached hydrogen (secondary N) is 2. The van der Waals surface area contributed by atoms with Crippen molar-refractivity contribution in [3.05, 3.63) is 71.3 Å². The van der Waals surface area contributed by atoms with Crippen LogP contribution >= 0.6 is 9.24 Å². The van der Waals surface area contributed by atoms with Crippen LogP contribution < -0.4 is 11.1 Å². The van der Waals surface area contributed by atoms with Crippen LogP contribution in [0.1, 0.15) is 48.8 Å². The van der Waals surface area contributed by atoms with Gasteiger partial charge in [0.15, 0.2) is 0 Å². The number of hydrogen-bond acceptors (Lipinski definition) is 3. The summed E-state index contributed by atoms with van der Waals surface area (Å²) in [6.07, 6.45) is 8.07. The number of unbranched alkanes of at least 4 members (excludes halogenated alkanes) is 3. The largest absolute Gasteiger partial charge is 0.396 e. The first kappa shape index (κ1) is 24.3. The second-order valence-electron chi connectivity index (χ2n) is 6.80.